The zero-order chi connectivity index (χ0) is 17.6. The van der Waals surface area contributed by atoms with Gasteiger partial charge in [-0.1, -0.05) is 6.07 Å². The largest absolute Gasteiger partial charge is 0.356 e. The van der Waals surface area contributed by atoms with Crippen LogP contribution >= 0.6 is 35.3 Å². The standard InChI is InChI=1S/C18H28N6S.HI/c1-19-18(22-13-16-20-8-10-23(16)2)21-12-14-6-4-9-24(3)17(14)15-7-5-11-25-15;/h5,7-8,10-11,14,17H,4,6,9,12-13H2,1-3H3,(H2,19,21,22);1H. The molecule has 2 unspecified atom stereocenters. The summed E-state index contributed by atoms with van der Waals surface area (Å²) >= 11 is 1.86. The Morgan fingerprint density at radius 2 is 2.23 bits per heavy atom. The summed E-state index contributed by atoms with van der Waals surface area (Å²) in [5.41, 5.74) is 0. The van der Waals surface area contributed by atoms with E-state index in [4.69, 9.17) is 0 Å². The minimum Gasteiger partial charge on any atom is -0.356 e. The lowest BCUT2D eigenvalue weighted by molar-refractivity contribution is 0.125. The Labute approximate surface area is 177 Å². The minimum atomic E-state index is 0. The average Bonchev–Trinajstić information content (AvgIpc) is 3.27. The molecule has 0 saturated carbocycles. The summed E-state index contributed by atoms with van der Waals surface area (Å²) < 4.78 is 2.02. The molecule has 1 aliphatic heterocycles. The van der Waals surface area contributed by atoms with Gasteiger partial charge in [0, 0.05) is 44.0 Å². The van der Waals surface area contributed by atoms with Gasteiger partial charge < -0.3 is 15.2 Å². The third-order valence-corrected chi connectivity index (χ3v) is 5.87. The second kappa shape index (κ2) is 10.3. The van der Waals surface area contributed by atoms with Gasteiger partial charge in [0.1, 0.15) is 5.82 Å². The summed E-state index contributed by atoms with van der Waals surface area (Å²) in [6.07, 6.45) is 6.27. The van der Waals surface area contributed by atoms with Gasteiger partial charge in [-0.2, -0.15) is 0 Å². The predicted molar refractivity (Wildman–Crippen MR) is 119 cm³/mol. The number of imidazole rings is 1. The van der Waals surface area contributed by atoms with Crippen LogP contribution in [0.3, 0.4) is 0 Å². The van der Waals surface area contributed by atoms with Crippen LogP contribution in [0.5, 0.6) is 0 Å². The number of thiophene rings is 1. The summed E-state index contributed by atoms with van der Waals surface area (Å²) in [5, 5.41) is 9.05. The Kier molecular flexibility index (Phi) is 8.36. The number of aryl methyl sites for hydroxylation is 1. The van der Waals surface area contributed by atoms with Crippen LogP contribution in [0.2, 0.25) is 0 Å². The summed E-state index contributed by atoms with van der Waals surface area (Å²) in [7, 11) is 6.06. The molecule has 0 amide bonds. The maximum Gasteiger partial charge on any atom is 0.191 e. The van der Waals surface area contributed by atoms with Gasteiger partial charge in [0.25, 0.3) is 0 Å². The summed E-state index contributed by atoms with van der Waals surface area (Å²) in [6.45, 7) is 2.76. The number of aliphatic imine (C=N–C) groups is 1. The second-order valence-corrected chi connectivity index (χ2v) is 7.58. The number of halogens is 1. The highest BCUT2D eigenvalue weighted by Crippen LogP contribution is 2.36. The van der Waals surface area contributed by atoms with Crippen LogP contribution in [0, 0.1) is 5.92 Å². The van der Waals surface area contributed by atoms with Crippen molar-refractivity contribution in [2.75, 3.05) is 27.2 Å². The molecular formula is C18H29IN6S. The summed E-state index contributed by atoms with van der Waals surface area (Å²) in [5.74, 6) is 2.42. The third-order valence-electron chi connectivity index (χ3n) is 4.93. The molecule has 144 valence electrons. The Morgan fingerprint density at radius 1 is 1.38 bits per heavy atom. The van der Waals surface area contributed by atoms with Crippen LogP contribution < -0.4 is 10.6 Å². The molecule has 0 radical (unpaired) electrons. The number of nitrogens with zero attached hydrogens (tertiary/aromatic N) is 4. The van der Waals surface area contributed by atoms with E-state index < -0.39 is 0 Å². The molecule has 2 aromatic heterocycles. The zero-order valence-corrected chi connectivity index (χ0v) is 18.8. The van der Waals surface area contributed by atoms with E-state index >= 15 is 0 Å². The van der Waals surface area contributed by atoms with E-state index in [-0.39, 0.29) is 24.0 Å². The van der Waals surface area contributed by atoms with E-state index in [9.17, 15) is 0 Å². The van der Waals surface area contributed by atoms with Gasteiger partial charge in [-0.25, -0.2) is 4.98 Å². The van der Waals surface area contributed by atoms with Crippen LogP contribution in [-0.4, -0.2) is 47.6 Å². The molecule has 26 heavy (non-hydrogen) atoms. The van der Waals surface area contributed by atoms with Crippen molar-refractivity contribution in [2.24, 2.45) is 18.0 Å². The Balaban J connectivity index is 0.00000243. The SMILES string of the molecule is CN=C(NCc1nccn1C)NCC1CCCN(C)C1c1cccs1.I. The number of nitrogens with one attached hydrogen (secondary N) is 2. The molecular weight excluding hydrogens is 459 g/mol. The molecule has 0 aromatic carbocycles. The van der Waals surface area contributed by atoms with Crippen molar-refractivity contribution < 1.29 is 0 Å². The summed E-state index contributed by atoms with van der Waals surface area (Å²) in [4.78, 5) is 12.6. The average molecular weight is 488 g/mol. The maximum absolute atomic E-state index is 4.35. The summed E-state index contributed by atoms with van der Waals surface area (Å²) in [6, 6.07) is 4.91. The van der Waals surface area contributed by atoms with Gasteiger partial charge in [0.15, 0.2) is 5.96 Å². The fourth-order valence-corrected chi connectivity index (χ4v) is 4.54. The van der Waals surface area contributed by atoms with Crippen molar-refractivity contribution in [3.05, 3.63) is 40.6 Å². The first-order chi connectivity index (χ1) is 12.2. The first-order valence-corrected chi connectivity index (χ1v) is 9.71. The number of likely N-dealkylation sites (tertiary alicyclic amines) is 1. The zero-order valence-electron chi connectivity index (χ0n) is 15.7. The fraction of sp³-hybridized carbons (Fsp3) is 0.556. The van der Waals surface area contributed by atoms with E-state index in [1.165, 1.54) is 24.3 Å². The molecule has 3 rings (SSSR count). The molecule has 0 bridgehead atoms. The fourth-order valence-electron chi connectivity index (χ4n) is 3.56. The number of hydrogen-bond donors (Lipinski definition) is 2. The van der Waals surface area contributed by atoms with E-state index in [0.29, 0.717) is 18.5 Å². The van der Waals surface area contributed by atoms with Crippen molar-refractivity contribution >= 4 is 41.3 Å². The molecule has 1 saturated heterocycles. The molecule has 8 heteroatoms. The van der Waals surface area contributed by atoms with Crippen LogP contribution in [0.4, 0.5) is 0 Å². The predicted octanol–water partition coefficient (Wildman–Crippen LogP) is 2.85. The monoisotopic (exact) mass is 488 g/mol. The highest BCUT2D eigenvalue weighted by molar-refractivity contribution is 14.0. The number of hydrogen-bond acceptors (Lipinski definition) is 4. The topological polar surface area (TPSA) is 57.5 Å². The molecule has 2 N–H and O–H groups in total. The molecule has 1 fully saturated rings. The van der Waals surface area contributed by atoms with Gasteiger partial charge in [0.2, 0.25) is 0 Å². The molecule has 2 aromatic rings. The quantitative estimate of drug-likeness (QED) is 0.386. The van der Waals surface area contributed by atoms with Gasteiger partial charge in [-0.05, 0) is 43.8 Å². The number of rotatable bonds is 5. The number of guanidine groups is 1. The van der Waals surface area contributed by atoms with E-state index in [0.717, 1.165) is 18.3 Å². The smallest absolute Gasteiger partial charge is 0.191 e. The van der Waals surface area contributed by atoms with Crippen LogP contribution in [0.1, 0.15) is 29.6 Å². The lowest BCUT2D eigenvalue weighted by Gasteiger charge is -2.39. The number of piperidine rings is 1. The van der Waals surface area contributed by atoms with Gasteiger partial charge in [0.05, 0.1) is 6.54 Å². The maximum atomic E-state index is 4.35. The number of aromatic nitrogens is 2. The first-order valence-electron chi connectivity index (χ1n) is 8.83. The van der Waals surface area contributed by atoms with E-state index in [1.54, 1.807) is 0 Å². The van der Waals surface area contributed by atoms with Gasteiger partial charge in [-0.3, -0.25) is 9.89 Å². The normalized spacial score (nSPS) is 21.3. The van der Waals surface area contributed by atoms with Crippen molar-refractivity contribution in [2.45, 2.75) is 25.4 Å². The second-order valence-electron chi connectivity index (χ2n) is 6.60. The van der Waals surface area contributed by atoms with Crippen LogP contribution in [0.25, 0.3) is 0 Å². The Morgan fingerprint density at radius 3 is 2.88 bits per heavy atom. The van der Waals surface area contributed by atoms with Gasteiger partial charge >= 0.3 is 0 Å². The molecule has 0 aliphatic carbocycles. The van der Waals surface area contributed by atoms with E-state index in [2.05, 4.69) is 50.1 Å². The van der Waals surface area contributed by atoms with Crippen molar-refractivity contribution in [3.8, 4) is 0 Å². The Hall–Kier alpha value is -1.13. The highest BCUT2D eigenvalue weighted by atomic mass is 127. The van der Waals surface area contributed by atoms with E-state index in [1.807, 2.05) is 42.4 Å². The molecule has 1 aliphatic rings. The Bertz CT molecular complexity index is 684. The lowest BCUT2D eigenvalue weighted by Crippen LogP contribution is -2.44. The van der Waals surface area contributed by atoms with Crippen molar-refractivity contribution in [1.82, 2.24) is 25.1 Å². The van der Waals surface area contributed by atoms with Gasteiger partial charge in [-0.15, -0.1) is 35.3 Å². The molecule has 2 atom stereocenters. The van der Waals surface area contributed by atoms with Crippen molar-refractivity contribution in [1.29, 1.82) is 0 Å². The minimum absolute atomic E-state index is 0. The lowest BCUT2D eigenvalue weighted by atomic mass is 9.88. The molecule has 3 heterocycles. The third kappa shape index (κ3) is 5.20. The molecule has 6 nitrogen and oxygen atoms in total. The molecule has 0 spiro atoms. The van der Waals surface area contributed by atoms with Crippen LogP contribution in [0.15, 0.2) is 34.9 Å². The van der Waals surface area contributed by atoms with Crippen molar-refractivity contribution in [3.63, 3.8) is 0 Å². The highest BCUT2D eigenvalue weighted by Gasteiger charge is 2.31. The first kappa shape index (κ1) is 21.2. The van der Waals surface area contributed by atoms with Crippen LogP contribution in [-0.2, 0) is 13.6 Å².